The number of H-pyrrole nitrogens is 1. The first-order valence-corrected chi connectivity index (χ1v) is 9.51. The maximum atomic E-state index is 5.61. The number of aryl methyl sites for hydroxylation is 1. The third-order valence-corrected chi connectivity index (χ3v) is 5.54. The molecule has 1 N–H and O–H groups in total. The van der Waals surface area contributed by atoms with Crippen LogP contribution in [-0.4, -0.2) is 33.9 Å². The van der Waals surface area contributed by atoms with E-state index in [0.717, 1.165) is 53.5 Å². The van der Waals surface area contributed by atoms with Gasteiger partial charge in [-0.25, -0.2) is 0 Å². The molecular weight excluding hydrogens is 340 g/mol. The summed E-state index contributed by atoms with van der Waals surface area (Å²) in [4.78, 5) is 2.52. The molecule has 142 valence electrons. The van der Waals surface area contributed by atoms with Gasteiger partial charge in [0.15, 0.2) is 5.76 Å². The highest BCUT2D eigenvalue weighted by atomic mass is 16.5. The molecule has 2 aromatic heterocycles. The van der Waals surface area contributed by atoms with Crippen LogP contribution in [0.3, 0.4) is 0 Å². The van der Waals surface area contributed by atoms with E-state index in [1.165, 1.54) is 18.4 Å². The van der Waals surface area contributed by atoms with E-state index in [-0.39, 0.29) is 6.04 Å². The van der Waals surface area contributed by atoms with Gasteiger partial charge >= 0.3 is 0 Å². The minimum atomic E-state index is 0.284. The standard InChI is InChI=1S/C21H26N4O2/c1-14-15(2)24-27-21(14)18-12-22-23-20(18)19-9-4-5-10-25(19)13-16-7-6-8-17(11-16)26-3/h6-8,11-12,19H,4-5,9-10,13H2,1-3H3,(H,22,23)/t19-/m0/s1. The lowest BCUT2D eigenvalue weighted by molar-refractivity contribution is 0.137. The summed E-state index contributed by atoms with van der Waals surface area (Å²) in [6.45, 7) is 5.97. The smallest absolute Gasteiger partial charge is 0.173 e. The summed E-state index contributed by atoms with van der Waals surface area (Å²) in [6.07, 6.45) is 5.39. The van der Waals surface area contributed by atoms with Crippen LogP contribution in [0.2, 0.25) is 0 Å². The molecule has 27 heavy (non-hydrogen) atoms. The third-order valence-electron chi connectivity index (χ3n) is 5.54. The molecule has 6 heteroatoms. The Kier molecular flexibility index (Phi) is 4.99. The lowest BCUT2D eigenvalue weighted by Crippen LogP contribution is -2.33. The second-order valence-corrected chi connectivity index (χ2v) is 7.25. The Balaban J connectivity index is 1.64. The Bertz CT molecular complexity index is 915. The monoisotopic (exact) mass is 366 g/mol. The van der Waals surface area contributed by atoms with Crippen LogP contribution >= 0.6 is 0 Å². The first-order valence-electron chi connectivity index (χ1n) is 9.51. The molecule has 1 atom stereocenters. The van der Waals surface area contributed by atoms with E-state index < -0.39 is 0 Å². The van der Waals surface area contributed by atoms with Crippen LogP contribution in [0.1, 0.15) is 47.8 Å². The number of methoxy groups -OCH3 is 1. The number of aromatic amines is 1. The maximum absolute atomic E-state index is 5.61. The van der Waals surface area contributed by atoms with E-state index in [0.29, 0.717) is 0 Å². The van der Waals surface area contributed by atoms with E-state index in [4.69, 9.17) is 9.26 Å². The van der Waals surface area contributed by atoms with Crippen molar-refractivity contribution >= 4 is 0 Å². The lowest BCUT2D eigenvalue weighted by atomic mass is 9.95. The summed E-state index contributed by atoms with van der Waals surface area (Å²) in [5, 5.41) is 11.7. The summed E-state index contributed by atoms with van der Waals surface area (Å²) in [5.74, 6) is 1.72. The zero-order valence-electron chi connectivity index (χ0n) is 16.2. The molecule has 1 saturated heterocycles. The number of aromatic nitrogens is 3. The molecule has 3 aromatic rings. The zero-order chi connectivity index (χ0) is 18.8. The molecule has 3 heterocycles. The van der Waals surface area contributed by atoms with Crippen molar-refractivity contribution in [3.8, 4) is 17.1 Å². The molecule has 4 rings (SSSR count). The minimum Gasteiger partial charge on any atom is -0.497 e. The number of rotatable bonds is 5. The molecule has 0 saturated carbocycles. The Morgan fingerprint density at radius 2 is 2.19 bits per heavy atom. The van der Waals surface area contributed by atoms with Crippen LogP contribution in [0.4, 0.5) is 0 Å². The van der Waals surface area contributed by atoms with E-state index in [2.05, 4.69) is 38.5 Å². The largest absolute Gasteiger partial charge is 0.497 e. The normalized spacial score (nSPS) is 18.0. The maximum Gasteiger partial charge on any atom is 0.173 e. The fraction of sp³-hybridized carbons (Fsp3) is 0.429. The Morgan fingerprint density at radius 3 is 2.96 bits per heavy atom. The Labute approximate surface area is 159 Å². The second kappa shape index (κ2) is 7.56. The van der Waals surface area contributed by atoms with Crippen molar-refractivity contribution in [2.45, 2.75) is 45.7 Å². The minimum absolute atomic E-state index is 0.284. The topological polar surface area (TPSA) is 67.2 Å². The number of ether oxygens (including phenoxy) is 1. The highest BCUT2D eigenvalue weighted by Gasteiger charge is 2.29. The van der Waals surface area contributed by atoms with Gasteiger partial charge in [-0.3, -0.25) is 10.00 Å². The van der Waals surface area contributed by atoms with Crippen molar-refractivity contribution in [3.05, 3.63) is 53.0 Å². The quantitative estimate of drug-likeness (QED) is 0.724. The number of hydrogen-bond donors (Lipinski definition) is 1. The lowest BCUT2D eigenvalue weighted by Gasteiger charge is -2.35. The predicted octanol–water partition coefficient (Wildman–Crippen LogP) is 4.42. The van der Waals surface area contributed by atoms with E-state index >= 15 is 0 Å². The molecule has 0 unspecified atom stereocenters. The zero-order valence-corrected chi connectivity index (χ0v) is 16.2. The number of nitrogens with one attached hydrogen (secondary N) is 1. The number of hydrogen-bond acceptors (Lipinski definition) is 5. The second-order valence-electron chi connectivity index (χ2n) is 7.25. The molecule has 6 nitrogen and oxygen atoms in total. The molecule has 1 aromatic carbocycles. The van der Waals surface area contributed by atoms with Crippen LogP contribution in [0.15, 0.2) is 35.0 Å². The van der Waals surface area contributed by atoms with Crippen molar-refractivity contribution in [3.63, 3.8) is 0 Å². The predicted molar refractivity (Wildman–Crippen MR) is 104 cm³/mol. The Morgan fingerprint density at radius 1 is 1.30 bits per heavy atom. The molecular formula is C21H26N4O2. The third kappa shape index (κ3) is 3.49. The van der Waals surface area contributed by atoms with Gasteiger partial charge in [0.05, 0.1) is 36.3 Å². The molecule has 1 fully saturated rings. The van der Waals surface area contributed by atoms with Crippen molar-refractivity contribution in [1.29, 1.82) is 0 Å². The van der Waals surface area contributed by atoms with Gasteiger partial charge in [0, 0.05) is 12.1 Å². The van der Waals surface area contributed by atoms with Crippen molar-refractivity contribution in [1.82, 2.24) is 20.3 Å². The number of likely N-dealkylation sites (tertiary alicyclic amines) is 1. The molecule has 0 bridgehead atoms. The van der Waals surface area contributed by atoms with Gasteiger partial charge in [0.25, 0.3) is 0 Å². The molecule has 0 amide bonds. The van der Waals surface area contributed by atoms with Gasteiger partial charge in [-0.1, -0.05) is 23.7 Å². The highest BCUT2D eigenvalue weighted by Crippen LogP contribution is 2.38. The van der Waals surface area contributed by atoms with Crippen LogP contribution in [0.5, 0.6) is 5.75 Å². The molecule has 0 aliphatic carbocycles. The summed E-state index contributed by atoms with van der Waals surface area (Å²) >= 11 is 0. The van der Waals surface area contributed by atoms with Gasteiger partial charge < -0.3 is 9.26 Å². The highest BCUT2D eigenvalue weighted by molar-refractivity contribution is 5.64. The summed E-state index contributed by atoms with van der Waals surface area (Å²) in [7, 11) is 1.71. The van der Waals surface area contributed by atoms with E-state index in [9.17, 15) is 0 Å². The van der Waals surface area contributed by atoms with Gasteiger partial charge in [-0.2, -0.15) is 5.10 Å². The number of benzene rings is 1. The van der Waals surface area contributed by atoms with Crippen LogP contribution in [0, 0.1) is 13.8 Å². The van der Waals surface area contributed by atoms with Gasteiger partial charge in [-0.05, 0) is 50.9 Å². The van der Waals surface area contributed by atoms with Crippen molar-refractivity contribution in [2.24, 2.45) is 0 Å². The number of piperidine rings is 1. The fourth-order valence-electron chi connectivity index (χ4n) is 3.91. The average Bonchev–Trinajstić information content (AvgIpc) is 3.29. The van der Waals surface area contributed by atoms with Crippen LogP contribution in [-0.2, 0) is 6.54 Å². The average molecular weight is 366 g/mol. The van der Waals surface area contributed by atoms with Gasteiger partial charge in [-0.15, -0.1) is 0 Å². The first kappa shape index (κ1) is 17.8. The summed E-state index contributed by atoms with van der Waals surface area (Å²) in [6, 6.07) is 8.59. The van der Waals surface area contributed by atoms with E-state index in [1.54, 1.807) is 7.11 Å². The summed E-state index contributed by atoms with van der Waals surface area (Å²) < 4.78 is 11.0. The van der Waals surface area contributed by atoms with Crippen molar-refractivity contribution < 1.29 is 9.26 Å². The molecule has 1 aliphatic heterocycles. The SMILES string of the molecule is COc1cccc(CN2CCCC[C@H]2c2[nH]ncc2-c2onc(C)c2C)c1. The summed E-state index contributed by atoms with van der Waals surface area (Å²) in [5.41, 5.74) is 5.41. The van der Waals surface area contributed by atoms with Gasteiger partial charge in [0.2, 0.25) is 0 Å². The van der Waals surface area contributed by atoms with E-state index in [1.807, 2.05) is 26.1 Å². The molecule has 0 spiro atoms. The van der Waals surface area contributed by atoms with Crippen LogP contribution in [0.25, 0.3) is 11.3 Å². The van der Waals surface area contributed by atoms with Crippen LogP contribution < -0.4 is 4.74 Å². The molecule has 1 aliphatic rings. The first-order chi connectivity index (χ1) is 13.2. The fourth-order valence-corrected chi connectivity index (χ4v) is 3.91. The van der Waals surface area contributed by atoms with Gasteiger partial charge in [0.1, 0.15) is 5.75 Å². The number of nitrogens with zero attached hydrogens (tertiary/aromatic N) is 3. The Hall–Kier alpha value is -2.60. The molecule has 0 radical (unpaired) electrons. The van der Waals surface area contributed by atoms with Crippen molar-refractivity contribution in [2.75, 3.05) is 13.7 Å².